The quantitative estimate of drug-likeness (QED) is 0.410. The van der Waals surface area contributed by atoms with Gasteiger partial charge in [0.15, 0.2) is 0 Å². The number of carbonyl (C=O) groups excluding carboxylic acids is 1. The summed E-state index contributed by atoms with van der Waals surface area (Å²) in [4.78, 5) is 21.0. The summed E-state index contributed by atoms with van der Waals surface area (Å²) in [6.45, 7) is 0.327. The van der Waals surface area contributed by atoms with E-state index in [0.717, 1.165) is 31.2 Å². The number of pyridine rings is 2. The first-order valence-electron chi connectivity index (χ1n) is 10.9. The number of nitrogens with two attached hydrogens (primary N) is 2. The maximum absolute atomic E-state index is 13.5. The van der Waals surface area contributed by atoms with Crippen LogP contribution in [0.1, 0.15) is 41.6 Å². The lowest BCUT2D eigenvalue weighted by molar-refractivity contribution is 0.1000. The molecule has 0 radical (unpaired) electrons. The van der Waals surface area contributed by atoms with Gasteiger partial charge in [0.2, 0.25) is 5.91 Å². The number of carbonyl (C=O) groups is 1. The number of aromatic nitrogens is 2. The second-order valence-corrected chi connectivity index (χ2v) is 8.69. The van der Waals surface area contributed by atoms with Gasteiger partial charge in [-0.15, -0.1) is 0 Å². The Balaban J connectivity index is 1.59. The molecule has 7 nitrogen and oxygen atoms in total. The number of anilines is 2. The van der Waals surface area contributed by atoms with Gasteiger partial charge >= 0.3 is 0 Å². The normalized spacial score (nSPS) is 18.0. The molecule has 1 aliphatic rings. The van der Waals surface area contributed by atoms with E-state index in [1.54, 1.807) is 30.5 Å². The van der Waals surface area contributed by atoms with Crippen LogP contribution >= 0.6 is 11.6 Å². The van der Waals surface area contributed by atoms with Crippen LogP contribution in [0.15, 0.2) is 48.7 Å². The minimum Gasteiger partial charge on any atom is -0.367 e. The molecule has 0 spiro atoms. The Kier molecular flexibility index (Phi) is 7.05. The van der Waals surface area contributed by atoms with Gasteiger partial charge in [-0.05, 0) is 61.6 Å². The zero-order chi connectivity index (χ0) is 23.4. The van der Waals surface area contributed by atoms with E-state index < -0.39 is 5.91 Å². The topological polar surface area (TPSA) is 119 Å². The lowest BCUT2D eigenvalue weighted by Crippen LogP contribution is -2.33. The van der Waals surface area contributed by atoms with E-state index in [1.807, 2.05) is 6.07 Å². The molecule has 2 aromatic heterocycles. The number of hydrogen-bond acceptors (Lipinski definition) is 6. The Hall–Kier alpha value is -3.23. The van der Waals surface area contributed by atoms with E-state index >= 15 is 0 Å². The molecule has 0 atom stereocenters. The number of benzene rings is 1. The summed E-state index contributed by atoms with van der Waals surface area (Å²) in [5, 5.41) is 6.97. The summed E-state index contributed by atoms with van der Waals surface area (Å²) in [6.07, 6.45) is 5.46. The number of nitrogens with zero attached hydrogens (tertiary/aromatic N) is 2. The minimum absolute atomic E-state index is 0.260. The van der Waals surface area contributed by atoms with E-state index in [4.69, 9.17) is 23.1 Å². The van der Waals surface area contributed by atoms with Crippen molar-refractivity contribution in [2.75, 3.05) is 10.6 Å². The average Bonchev–Trinajstić information content (AvgIpc) is 2.80. The lowest BCUT2D eigenvalue weighted by atomic mass is 9.92. The summed E-state index contributed by atoms with van der Waals surface area (Å²) in [6, 6.07) is 11.8. The number of nitrogens with one attached hydrogen (secondary N) is 2. The summed E-state index contributed by atoms with van der Waals surface area (Å²) < 4.78 is 13.5. The molecule has 9 heteroatoms. The van der Waals surface area contributed by atoms with Crippen molar-refractivity contribution >= 4 is 29.1 Å². The number of amides is 1. The number of halogens is 2. The summed E-state index contributed by atoms with van der Waals surface area (Å²) in [7, 11) is 0. The van der Waals surface area contributed by atoms with Crippen LogP contribution in [-0.4, -0.2) is 28.0 Å². The second-order valence-electron chi connectivity index (χ2n) is 8.28. The van der Waals surface area contributed by atoms with Crippen LogP contribution in [0.4, 0.5) is 16.0 Å². The molecule has 0 bridgehead atoms. The largest absolute Gasteiger partial charge is 0.367 e. The third kappa shape index (κ3) is 5.97. The SMILES string of the molecule is NC(=O)c1cc(NCc2cccc(F)c2)nc(-c2cc(NC3CCC(N)CC3)ncc2Cl)c1. The van der Waals surface area contributed by atoms with Crippen molar-refractivity contribution < 1.29 is 9.18 Å². The highest BCUT2D eigenvalue weighted by Gasteiger charge is 2.19. The third-order valence-corrected chi connectivity index (χ3v) is 6.03. The average molecular weight is 469 g/mol. The molecule has 1 saturated carbocycles. The third-order valence-electron chi connectivity index (χ3n) is 5.73. The van der Waals surface area contributed by atoms with Gasteiger partial charge < -0.3 is 22.1 Å². The molecule has 33 heavy (non-hydrogen) atoms. The van der Waals surface area contributed by atoms with Gasteiger partial charge in [0, 0.05) is 36.0 Å². The van der Waals surface area contributed by atoms with Crippen LogP contribution in [0.25, 0.3) is 11.3 Å². The standard InChI is InChI=1S/C24H26ClFN6O/c25-20-13-30-23(31-18-6-4-17(27)5-7-18)11-19(20)21-9-15(24(28)33)10-22(32-21)29-12-14-2-1-3-16(26)8-14/h1-3,8-11,13,17-18H,4-7,12,27H2,(H2,28,33)(H,29,32)(H,30,31). The molecular weight excluding hydrogens is 443 g/mol. The van der Waals surface area contributed by atoms with Crippen LogP contribution in [-0.2, 0) is 6.54 Å². The van der Waals surface area contributed by atoms with Gasteiger partial charge in [0.1, 0.15) is 17.5 Å². The molecule has 1 aliphatic carbocycles. The zero-order valence-corrected chi connectivity index (χ0v) is 18.8. The van der Waals surface area contributed by atoms with E-state index in [1.165, 1.54) is 12.1 Å². The van der Waals surface area contributed by atoms with Gasteiger partial charge in [-0.3, -0.25) is 4.79 Å². The predicted octanol–water partition coefficient (Wildman–Crippen LogP) is 4.33. The smallest absolute Gasteiger partial charge is 0.248 e. The van der Waals surface area contributed by atoms with Crippen LogP contribution in [0.2, 0.25) is 5.02 Å². The highest BCUT2D eigenvalue weighted by molar-refractivity contribution is 6.33. The van der Waals surface area contributed by atoms with Crippen molar-refractivity contribution in [1.29, 1.82) is 0 Å². The highest BCUT2D eigenvalue weighted by atomic mass is 35.5. The van der Waals surface area contributed by atoms with Crippen molar-refractivity contribution in [1.82, 2.24) is 9.97 Å². The molecule has 0 aliphatic heterocycles. The maximum Gasteiger partial charge on any atom is 0.248 e. The molecule has 6 N–H and O–H groups in total. The highest BCUT2D eigenvalue weighted by Crippen LogP contribution is 2.31. The van der Waals surface area contributed by atoms with Crippen molar-refractivity contribution in [2.24, 2.45) is 11.5 Å². The Morgan fingerprint density at radius 1 is 1.12 bits per heavy atom. The van der Waals surface area contributed by atoms with E-state index in [9.17, 15) is 9.18 Å². The summed E-state index contributed by atoms with van der Waals surface area (Å²) >= 11 is 6.44. The molecule has 1 aromatic carbocycles. The monoisotopic (exact) mass is 468 g/mol. The van der Waals surface area contributed by atoms with Crippen LogP contribution < -0.4 is 22.1 Å². The van der Waals surface area contributed by atoms with Gasteiger partial charge in [-0.2, -0.15) is 0 Å². The number of hydrogen-bond donors (Lipinski definition) is 4. The van der Waals surface area contributed by atoms with Crippen molar-refractivity contribution in [3.63, 3.8) is 0 Å². The van der Waals surface area contributed by atoms with Crippen LogP contribution in [0.3, 0.4) is 0 Å². The second kappa shape index (κ2) is 10.1. The maximum atomic E-state index is 13.5. The van der Waals surface area contributed by atoms with Gasteiger partial charge in [-0.25, -0.2) is 14.4 Å². The molecule has 2 heterocycles. The number of rotatable bonds is 7. The molecule has 1 fully saturated rings. The molecule has 0 unspecified atom stereocenters. The first-order chi connectivity index (χ1) is 15.9. The van der Waals surface area contributed by atoms with Gasteiger partial charge in [0.05, 0.1) is 10.7 Å². The van der Waals surface area contributed by atoms with E-state index in [0.29, 0.717) is 40.5 Å². The number of primary amides is 1. The fourth-order valence-electron chi connectivity index (χ4n) is 3.93. The van der Waals surface area contributed by atoms with Crippen molar-refractivity contribution in [3.05, 3.63) is 70.6 Å². The fourth-order valence-corrected chi connectivity index (χ4v) is 4.13. The Morgan fingerprint density at radius 2 is 1.91 bits per heavy atom. The molecule has 0 saturated heterocycles. The predicted molar refractivity (Wildman–Crippen MR) is 129 cm³/mol. The Labute approximate surface area is 196 Å². The van der Waals surface area contributed by atoms with Crippen molar-refractivity contribution in [2.45, 2.75) is 44.3 Å². The lowest BCUT2D eigenvalue weighted by Gasteiger charge is -2.27. The van der Waals surface area contributed by atoms with Crippen LogP contribution in [0, 0.1) is 5.82 Å². The van der Waals surface area contributed by atoms with E-state index in [2.05, 4.69) is 20.6 Å². The molecule has 4 rings (SSSR count). The fraction of sp³-hybridized carbons (Fsp3) is 0.292. The van der Waals surface area contributed by atoms with E-state index in [-0.39, 0.29) is 17.4 Å². The molecule has 1 amide bonds. The Morgan fingerprint density at radius 3 is 2.64 bits per heavy atom. The first-order valence-corrected chi connectivity index (χ1v) is 11.2. The zero-order valence-electron chi connectivity index (χ0n) is 18.0. The van der Waals surface area contributed by atoms with Crippen LogP contribution in [0.5, 0.6) is 0 Å². The Bertz CT molecular complexity index is 1150. The molecular formula is C24H26ClFN6O. The summed E-state index contributed by atoms with van der Waals surface area (Å²) in [5.41, 5.74) is 13.7. The van der Waals surface area contributed by atoms with Gasteiger partial charge in [-0.1, -0.05) is 23.7 Å². The molecule has 3 aromatic rings. The van der Waals surface area contributed by atoms with Gasteiger partial charge in [0.25, 0.3) is 0 Å². The van der Waals surface area contributed by atoms with Crippen molar-refractivity contribution in [3.8, 4) is 11.3 Å². The minimum atomic E-state index is -0.588. The molecule has 172 valence electrons. The first kappa shape index (κ1) is 22.9. The summed E-state index contributed by atoms with van der Waals surface area (Å²) in [5.74, 6) is 0.191.